The van der Waals surface area contributed by atoms with Crippen LogP contribution in [0.1, 0.15) is 26.3 Å². The Hall–Kier alpha value is -0.380. The van der Waals surface area contributed by atoms with E-state index in [2.05, 4.69) is 15.9 Å². The third-order valence-electron chi connectivity index (χ3n) is 2.21. The molecule has 0 aliphatic carbocycles. The Kier molecular flexibility index (Phi) is 4.77. The van der Waals surface area contributed by atoms with Gasteiger partial charge in [-0.05, 0) is 32.9 Å². The molecule has 0 spiro atoms. The van der Waals surface area contributed by atoms with Gasteiger partial charge in [-0.15, -0.1) is 0 Å². The molecule has 0 bridgehead atoms. The van der Waals surface area contributed by atoms with E-state index in [0.29, 0.717) is 13.2 Å². The normalized spacial score (nSPS) is 11.7. The van der Waals surface area contributed by atoms with Crippen molar-refractivity contribution < 1.29 is 9.47 Å². The Morgan fingerprint density at radius 1 is 1.07 bits per heavy atom. The molecule has 1 aromatic rings. The summed E-state index contributed by atoms with van der Waals surface area (Å²) in [4.78, 5) is 0. The summed E-state index contributed by atoms with van der Waals surface area (Å²) in [5, 5.41) is 0. The van der Waals surface area contributed by atoms with Crippen LogP contribution in [0.15, 0.2) is 28.7 Å². The maximum Gasteiger partial charge on any atom is 0.191 e. The average molecular weight is 273 g/mol. The first kappa shape index (κ1) is 12.7. The lowest BCUT2D eigenvalue weighted by molar-refractivity contribution is -0.229. The van der Waals surface area contributed by atoms with Crippen molar-refractivity contribution in [3.8, 4) is 0 Å². The van der Waals surface area contributed by atoms with E-state index in [-0.39, 0.29) is 0 Å². The third-order valence-corrected chi connectivity index (χ3v) is 2.74. The zero-order valence-corrected chi connectivity index (χ0v) is 11.0. The highest BCUT2D eigenvalue weighted by atomic mass is 79.9. The number of ether oxygens (including phenoxy) is 2. The maximum atomic E-state index is 5.66. The van der Waals surface area contributed by atoms with E-state index in [1.807, 2.05) is 45.0 Å². The molecule has 0 unspecified atom stereocenters. The first-order valence-electron chi connectivity index (χ1n) is 5.16. The topological polar surface area (TPSA) is 18.5 Å². The summed E-state index contributed by atoms with van der Waals surface area (Å²) in [6, 6.07) is 8.00. The third kappa shape index (κ3) is 3.30. The Balaban J connectivity index is 2.92. The standard InChI is InChI=1S/C12H17BrO2/c1-4-14-12(3,15-5-2)10-6-8-11(13)9-7-10/h6-9H,4-5H2,1-3H3. The molecule has 0 amide bonds. The summed E-state index contributed by atoms with van der Waals surface area (Å²) in [6.45, 7) is 7.15. The zero-order valence-electron chi connectivity index (χ0n) is 9.42. The number of hydrogen-bond acceptors (Lipinski definition) is 2. The molecule has 0 heterocycles. The molecule has 0 saturated carbocycles. The smallest absolute Gasteiger partial charge is 0.191 e. The molecule has 0 radical (unpaired) electrons. The van der Waals surface area contributed by atoms with Gasteiger partial charge in [0.05, 0.1) is 0 Å². The first-order chi connectivity index (χ1) is 7.12. The van der Waals surface area contributed by atoms with E-state index in [9.17, 15) is 0 Å². The van der Waals surface area contributed by atoms with E-state index >= 15 is 0 Å². The quantitative estimate of drug-likeness (QED) is 0.762. The molecule has 84 valence electrons. The molecule has 15 heavy (non-hydrogen) atoms. The van der Waals surface area contributed by atoms with Crippen LogP contribution in [0.5, 0.6) is 0 Å². The van der Waals surface area contributed by atoms with Crippen molar-refractivity contribution in [2.75, 3.05) is 13.2 Å². The van der Waals surface area contributed by atoms with Crippen molar-refractivity contribution in [2.45, 2.75) is 26.6 Å². The maximum absolute atomic E-state index is 5.66. The summed E-state index contributed by atoms with van der Waals surface area (Å²) in [6.07, 6.45) is 0. The van der Waals surface area contributed by atoms with Crippen LogP contribution < -0.4 is 0 Å². The first-order valence-corrected chi connectivity index (χ1v) is 5.95. The molecule has 0 aliphatic rings. The lowest BCUT2D eigenvalue weighted by atomic mass is 10.1. The lowest BCUT2D eigenvalue weighted by Crippen LogP contribution is -2.29. The van der Waals surface area contributed by atoms with Gasteiger partial charge in [-0.3, -0.25) is 0 Å². The van der Waals surface area contributed by atoms with E-state index in [1.54, 1.807) is 0 Å². The molecular weight excluding hydrogens is 256 g/mol. The van der Waals surface area contributed by atoms with Crippen LogP contribution >= 0.6 is 15.9 Å². The van der Waals surface area contributed by atoms with Gasteiger partial charge in [-0.2, -0.15) is 0 Å². The van der Waals surface area contributed by atoms with Crippen LogP contribution in [-0.2, 0) is 15.3 Å². The van der Waals surface area contributed by atoms with Crippen molar-refractivity contribution in [3.63, 3.8) is 0 Å². The van der Waals surface area contributed by atoms with Gasteiger partial charge in [0.1, 0.15) is 0 Å². The van der Waals surface area contributed by atoms with Crippen LogP contribution in [0, 0.1) is 0 Å². The second-order valence-electron chi connectivity index (χ2n) is 3.32. The van der Waals surface area contributed by atoms with Gasteiger partial charge in [0.25, 0.3) is 0 Å². The monoisotopic (exact) mass is 272 g/mol. The van der Waals surface area contributed by atoms with Gasteiger partial charge >= 0.3 is 0 Å². The summed E-state index contributed by atoms with van der Waals surface area (Å²) < 4.78 is 12.4. The molecule has 1 rings (SSSR count). The zero-order chi connectivity index (χ0) is 11.3. The van der Waals surface area contributed by atoms with Crippen molar-refractivity contribution in [1.29, 1.82) is 0 Å². The highest BCUT2D eigenvalue weighted by Crippen LogP contribution is 2.27. The van der Waals surface area contributed by atoms with Gasteiger partial charge in [0.2, 0.25) is 0 Å². The van der Waals surface area contributed by atoms with Gasteiger partial charge in [-0.1, -0.05) is 28.1 Å². The molecule has 0 atom stereocenters. The van der Waals surface area contributed by atoms with E-state index in [1.165, 1.54) is 0 Å². The number of halogens is 1. The van der Waals surface area contributed by atoms with E-state index in [4.69, 9.17) is 9.47 Å². The molecule has 3 heteroatoms. The van der Waals surface area contributed by atoms with Crippen molar-refractivity contribution in [1.82, 2.24) is 0 Å². The minimum Gasteiger partial charge on any atom is -0.346 e. The molecule has 0 aliphatic heterocycles. The lowest BCUT2D eigenvalue weighted by Gasteiger charge is -2.29. The molecule has 0 aromatic heterocycles. The number of rotatable bonds is 5. The Labute approximate surface area is 99.7 Å². The van der Waals surface area contributed by atoms with Crippen LogP contribution in [0.4, 0.5) is 0 Å². The number of benzene rings is 1. The van der Waals surface area contributed by atoms with Crippen molar-refractivity contribution >= 4 is 15.9 Å². The predicted molar refractivity (Wildman–Crippen MR) is 64.7 cm³/mol. The highest BCUT2D eigenvalue weighted by Gasteiger charge is 2.27. The Morgan fingerprint density at radius 3 is 1.93 bits per heavy atom. The van der Waals surface area contributed by atoms with Gasteiger partial charge < -0.3 is 9.47 Å². The molecule has 0 N–H and O–H groups in total. The summed E-state index contributed by atoms with van der Waals surface area (Å²) >= 11 is 3.41. The van der Waals surface area contributed by atoms with Crippen LogP contribution in [0.2, 0.25) is 0 Å². The number of hydrogen-bond donors (Lipinski definition) is 0. The summed E-state index contributed by atoms with van der Waals surface area (Å²) in [5.41, 5.74) is 1.04. The fourth-order valence-electron chi connectivity index (χ4n) is 1.51. The largest absolute Gasteiger partial charge is 0.346 e. The Bertz CT molecular complexity index is 289. The van der Waals surface area contributed by atoms with Gasteiger partial charge in [0, 0.05) is 23.2 Å². The van der Waals surface area contributed by atoms with Crippen molar-refractivity contribution in [2.24, 2.45) is 0 Å². The minimum atomic E-state index is -0.635. The van der Waals surface area contributed by atoms with Crippen LogP contribution in [0.3, 0.4) is 0 Å². The summed E-state index contributed by atoms with van der Waals surface area (Å²) in [5.74, 6) is -0.635. The summed E-state index contributed by atoms with van der Waals surface area (Å²) in [7, 11) is 0. The second kappa shape index (κ2) is 5.64. The highest BCUT2D eigenvalue weighted by molar-refractivity contribution is 9.10. The van der Waals surface area contributed by atoms with Crippen molar-refractivity contribution in [3.05, 3.63) is 34.3 Å². The minimum absolute atomic E-state index is 0.632. The fourth-order valence-corrected chi connectivity index (χ4v) is 1.78. The van der Waals surface area contributed by atoms with Crippen LogP contribution in [0.25, 0.3) is 0 Å². The molecule has 1 aromatic carbocycles. The fraction of sp³-hybridized carbons (Fsp3) is 0.500. The SMILES string of the molecule is CCOC(C)(OCC)c1ccc(Br)cc1. The van der Waals surface area contributed by atoms with E-state index in [0.717, 1.165) is 10.0 Å². The van der Waals surface area contributed by atoms with E-state index < -0.39 is 5.79 Å². The predicted octanol–water partition coefficient (Wildman–Crippen LogP) is 3.69. The van der Waals surface area contributed by atoms with Gasteiger partial charge in [0.15, 0.2) is 5.79 Å². The Morgan fingerprint density at radius 2 is 1.53 bits per heavy atom. The molecular formula is C12H17BrO2. The second-order valence-corrected chi connectivity index (χ2v) is 4.23. The van der Waals surface area contributed by atoms with Gasteiger partial charge in [-0.25, -0.2) is 0 Å². The molecule has 2 nitrogen and oxygen atoms in total. The molecule has 0 saturated heterocycles. The average Bonchev–Trinajstić information content (AvgIpc) is 2.19. The molecule has 0 fully saturated rings. The van der Waals surface area contributed by atoms with Crippen LogP contribution in [-0.4, -0.2) is 13.2 Å².